The van der Waals surface area contributed by atoms with Crippen LogP contribution in [-0.4, -0.2) is 27.6 Å². The van der Waals surface area contributed by atoms with E-state index in [4.69, 9.17) is 16.9 Å². The molecule has 1 aromatic rings. The van der Waals surface area contributed by atoms with Crippen LogP contribution >= 0.6 is 11.8 Å². The van der Waals surface area contributed by atoms with E-state index in [1.54, 1.807) is 0 Å². The zero-order chi connectivity index (χ0) is 10.0. The van der Waals surface area contributed by atoms with Gasteiger partial charge in [0.1, 0.15) is 11.5 Å². The molecule has 2 N–H and O–H groups in total. The monoisotopic (exact) mass is 201 g/mol. The third-order valence-electron chi connectivity index (χ3n) is 1.49. The Morgan fingerprint density at radius 2 is 2.08 bits per heavy atom. The normalized spacial score (nSPS) is 9.69. The number of rotatable bonds is 1. The van der Waals surface area contributed by atoms with Gasteiger partial charge in [0.2, 0.25) is 0 Å². The lowest BCUT2D eigenvalue weighted by atomic mass is 10.2. The number of benzene rings is 1. The standard InChI is InChI=1S/C8H8ClNO3/c1-10(9)8(13)6-3-2-5(11)4-7(6)12/h2-4,11-12H,1H3. The number of hydrogen-bond donors (Lipinski definition) is 2. The van der Waals surface area contributed by atoms with E-state index in [-0.39, 0.29) is 17.1 Å². The summed E-state index contributed by atoms with van der Waals surface area (Å²) < 4.78 is 0.825. The van der Waals surface area contributed by atoms with Gasteiger partial charge in [0.05, 0.1) is 5.56 Å². The fourth-order valence-electron chi connectivity index (χ4n) is 0.867. The predicted octanol–water partition coefficient (Wildman–Crippen LogP) is 1.32. The lowest BCUT2D eigenvalue weighted by Crippen LogP contribution is -2.16. The fourth-order valence-corrected chi connectivity index (χ4v) is 0.958. The SMILES string of the molecule is CN(Cl)C(=O)c1ccc(O)cc1O. The molecule has 0 aliphatic carbocycles. The van der Waals surface area contributed by atoms with Crippen molar-refractivity contribution in [2.45, 2.75) is 0 Å². The van der Waals surface area contributed by atoms with Crippen molar-refractivity contribution in [3.05, 3.63) is 23.8 Å². The van der Waals surface area contributed by atoms with E-state index in [1.807, 2.05) is 0 Å². The first-order valence-corrected chi connectivity index (χ1v) is 3.82. The van der Waals surface area contributed by atoms with E-state index in [9.17, 15) is 9.90 Å². The van der Waals surface area contributed by atoms with Crippen LogP contribution in [-0.2, 0) is 0 Å². The Kier molecular flexibility index (Phi) is 2.63. The van der Waals surface area contributed by atoms with Crippen LogP contribution in [0.15, 0.2) is 18.2 Å². The molecular weight excluding hydrogens is 194 g/mol. The first-order chi connectivity index (χ1) is 6.02. The van der Waals surface area contributed by atoms with Gasteiger partial charge in [-0.15, -0.1) is 0 Å². The van der Waals surface area contributed by atoms with E-state index in [0.29, 0.717) is 0 Å². The second kappa shape index (κ2) is 3.53. The minimum atomic E-state index is -0.529. The zero-order valence-corrected chi connectivity index (χ0v) is 7.62. The quantitative estimate of drug-likeness (QED) is 0.674. The maximum Gasteiger partial charge on any atom is 0.271 e. The molecule has 0 saturated heterocycles. The lowest BCUT2D eigenvalue weighted by molar-refractivity contribution is 0.0882. The van der Waals surface area contributed by atoms with Crippen LogP contribution < -0.4 is 0 Å². The molecule has 0 bridgehead atoms. The fraction of sp³-hybridized carbons (Fsp3) is 0.125. The van der Waals surface area contributed by atoms with Gasteiger partial charge in [-0.3, -0.25) is 9.21 Å². The Morgan fingerprint density at radius 3 is 2.54 bits per heavy atom. The summed E-state index contributed by atoms with van der Waals surface area (Å²) in [4.78, 5) is 11.2. The second-order valence-corrected chi connectivity index (χ2v) is 2.99. The number of amides is 1. The van der Waals surface area contributed by atoms with Crippen LogP contribution in [0.3, 0.4) is 0 Å². The van der Waals surface area contributed by atoms with E-state index < -0.39 is 5.91 Å². The van der Waals surface area contributed by atoms with E-state index in [2.05, 4.69) is 0 Å². The van der Waals surface area contributed by atoms with Crippen molar-refractivity contribution in [2.24, 2.45) is 0 Å². The molecule has 1 aromatic carbocycles. The van der Waals surface area contributed by atoms with Crippen molar-refractivity contribution in [1.29, 1.82) is 0 Å². The van der Waals surface area contributed by atoms with Crippen molar-refractivity contribution in [3.63, 3.8) is 0 Å². The molecule has 0 saturated carbocycles. The smallest absolute Gasteiger partial charge is 0.271 e. The highest BCUT2D eigenvalue weighted by Crippen LogP contribution is 2.23. The molecule has 0 fully saturated rings. The maximum atomic E-state index is 11.2. The van der Waals surface area contributed by atoms with Gasteiger partial charge in [0.15, 0.2) is 0 Å². The molecule has 1 rings (SSSR count). The number of carbonyl (C=O) groups is 1. The Morgan fingerprint density at radius 1 is 1.46 bits per heavy atom. The van der Waals surface area contributed by atoms with Gasteiger partial charge in [-0.25, -0.2) is 0 Å². The lowest BCUT2D eigenvalue weighted by Gasteiger charge is -2.08. The van der Waals surface area contributed by atoms with Gasteiger partial charge in [-0.2, -0.15) is 0 Å². The van der Waals surface area contributed by atoms with Crippen LogP contribution in [0.5, 0.6) is 11.5 Å². The summed E-state index contributed by atoms with van der Waals surface area (Å²) in [5.41, 5.74) is 0.0512. The molecule has 0 spiro atoms. The number of phenols is 2. The van der Waals surface area contributed by atoms with Gasteiger partial charge in [0.25, 0.3) is 5.91 Å². The molecule has 13 heavy (non-hydrogen) atoms. The van der Waals surface area contributed by atoms with Crippen LogP contribution in [0.4, 0.5) is 0 Å². The number of hydrogen-bond acceptors (Lipinski definition) is 3. The average molecular weight is 202 g/mol. The predicted molar refractivity (Wildman–Crippen MR) is 47.7 cm³/mol. The summed E-state index contributed by atoms with van der Waals surface area (Å²) >= 11 is 5.38. The Labute approximate surface area is 80.1 Å². The zero-order valence-electron chi connectivity index (χ0n) is 6.86. The van der Waals surface area contributed by atoms with Crippen molar-refractivity contribution in [2.75, 3.05) is 7.05 Å². The molecule has 1 amide bonds. The second-order valence-electron chi connectivity index (χ2n) is 2.48. The minimum Gasteiger partial charge on any atom is -0.508 e. The average Bonchev–Trinajstić information content (AvgIpc) is 2.03. The minimum absolute atomic E-state index is 0.0512. The molecule has 0 aliphatic heterocycles. The number of halogens is 1. The van der Waals surface area contributed by atoms with Gasteiger partial charge < -0.3 is 10.2 Å². The maximum absolute atomic E-state index is 11.2. The molecule has 5 heteroatoms. The number of carbonyl (C=O) groups excluding carboxylic acids is 1. The molecule has 0 unspecified atom stereocenters. The van der Waals surface area contributed by atoms with Crippen molar-refractivity contribution in [3.8, 4) is 11.5 Å². The number of aromatic hydroxyl groups is 2. The van der Waals surface area contributed by atoms with Crippen LogP contribution in [0, 0.1) is 0 Å². The summed E-state index contributed by atoms with van der Waals surface area (Å²) in [6.07, 6.45) is 0. The molecule has 0 atom stereocenters. The van der Waals surface area contributed by atoms with Crippen molar-refractivity contribution >= 4 is 17.7 Å². The van der Waals surface area contributed by atoms with Crippen molar-refractivity contribution in [1.82, 2.24) is 4.42 Å². The molecule has 0 heterocycles. The summed E-state index contributed by atoms with van der Waals surface area (Å²) in [6, 6.07) is 3.67. The molecule has 4 nitrogen and oxygen atoms in total. The third-order valence-corrected chi connectivity index (χ3v) is 1.65. The Balaban J connectivity index is 3.09. The molecule has 0 aliphatic rings. The molecule has 0 aromatic heterocycles. The van der Waals surface area contributed by atoms with Crippen LogP contribution in [0.2, 0.25) is 0 Å². The van der Waals surface area contributed by atoms with E-state index in [0.717, 1.165) is 10.5 Å². The summed E-state index contributed by atoms with van der Waals surface area (Å²) in [7, 11) is 1.36. The first-order valence-electron chi connectivity index (χ1n) is 3.48. The highest BCUT2D eigenvalue weighted by atomic mass is 35.5. The summed E-state index contributed by atoms with van der Waals surface area (Å²) in [5, 5.41) is 18.2. The molecule has 70 valence electrons. The Bertz CT molecular complexity index is 338. The van der Waals surface area contributed by atoms with Gasteiger partial charge in [-0.1, -0.05) is 0 Å². The van der Waals surface area contributed by atoms with E-state index in [1.165, 1.54) is 19.2 Å². The van der Waals surface area contributed by atoms with Crippen molar-refractivity contribution < 1.29 is 15.0 Å². The van der Waals surface area contributed by atoms with Gasteiger partial charge in [-0.05, 0) is 12.1 Å². The summed E-state index contributed by atoms with van der Waals surface area (Å²) in [6.45, 7) is 0. The topological polar surface area (TPSA) is 60.8 Å². The highest BCUT2D eigenvalue weighted by molar-refractivity contribution is 6.24. The number of nitrogens with zero attached hydrogens (tertiary/aromatic N) is 1. The van der Waals surface area contributed by atoms with Gasteiger partial charge >= 0.3 is 0 Å². The van der Waals surface area contributed by atoms with Gasteiger partial charge in [0, 0.05) is 24.9 Å². The van der Waals surface area contributed by atoms with E-state index >= 15 is 0 Å². The van der Waals surface area contributed by atoms with Crippen LogP contribution in [0.25, 0.3) is 0 Å². The molecular formula is C8H8ClNO3. The van der Waals surface area contributed by atoms with Crippen LogP contribution in [0.1, 0.15) is 10.4 Å². The molecule has 0 radical (unpaired) electrons. The highest BCUT2D eigenvalue weighted by Gasteiger charge is 2.14. The third kappa shape index (κ3) is 2.03. The largest absolute Gasteiger partial charge is 0.508 e. The summed E-state index contributed by atoms with van der Waals surface area (Å²) in [5.74, 6) is -0.928. The number of phenolic OH excluding ortho intramolecular Hbond substituents is 2. The Hall–Kier alpha value is -1.42. The first kappa shape index (κ1) is 9.67.